The maximum absolute atomic E-state index is 12.7. The zero-order chi connectivity index (χ0) is 18.5. The third kappa shape index (κ3) is 3.93. The second kappa shape index (κ2) is 8.40. The average Bonchev–Trinajstić information content (AvgIpc) is 3.00. The highest BCUT2D eigenvalue weighted by Gasteiger charge is 2.19. The molecule has 0 radical (unpaired) electrons. The number of nitrogens with one attached hydrogen (secondary N) is 1. The van der Waals surface area contributed by atoms with Crippen molar-refractivity contribution < 1.29 is 19.0 Å². The van der Waals surface area contributed by atoms with Crippen molar-refractivity contribution >= 4 is 22.4 Å². The fraction of sp³-hybridized carbons (Fsp3) is 0.474. The smallest absolute Gasteiger partial charge is 0.257 e. The standard InChI is InChI=1S/C19H24N2O4S/c1-23-14-10-12(11-15(24-2)17(14)25-3)18(22)21-19-20-13-8-6-4-5-7-9-16(13)26-19/h10-11H,4-9H2,1-3H3,(H,20,21,22). The highest BCUT2D eigenvalue weighted by Crippen LogP contribution is 2.38. The molecule has 0 atom stereocenters. The molecule has 0 saturated heterocycles. The summed E-state index contributed by atoms with van der Waals surface area (Å²) in [5.74, 6) is 1.11. The Labute approximate surface area is 157 Å². The van der Waals surface area contributed by atoms with Gasteiger partial charge in [0.25, 0.3) is 5.91 Å². The van der Waals surface area contributed by atoms with Crippen molar-refractivity contribution in [1.29, 1.82) is 0 Å². The van der Waals surface area contributed by atoms with Gasteiger partial charge in [-0.1, -0.05) is 12.8 Å². The van der Waals surface area contributed by atoms with E-state index in [0.29, 0.717) is 27.9 Å². The normalized spacial score (nSPS) is 14.0. The van der Waals surface area contributed by atoms with Gasteiger partial charge in [0.2, 0.25) is 5.75 Å². The molecule has 7 heteroatoms. The van der Waals surface area contributed by atoms with Crippen LogP contribution in [0.2, 0.25) is 0 Å². The summed E-state index contributed by atoms with van der Waals surface area (Å²) in [4.78, 5) is 18.6. The van der Waals surface area contributed by atoms with Gasteiger partial charge in [-0.05, 0) is 37.8 Å². The molecule has 3 rings (SSSR count). The first-order valence-corrected chi connectivity index (χ1v) is 9.58. The molecule has 0 spiro atoms. The molecule has 1 N–H and O–H groups in total. The molecule has 0 bridgehead atoms. The summed E-state index contributed by atoms with van der Waals surface area (Å²) in [7, 11) is 4.59. The summed E-state index contributed by atoms with van der Waals surface area (Å²) in [5, 5.41) is 3.56. The molecule has 0 aliphatic heterocycles. The van der Waals surface area contributed by atoms with Gasteiger partial charge in [-0.2, -0.15) is 0 Å². The number of carbonyl (C=O) groups is 1. The number of rotatable bonds is 5. The quantitative estimate of drug-likeness (QED) is 0.851. The maximum Gasteiger partial charge on any atom is 0.257 e. The van der Waals surface area contributed by atoms with E-state index in [1.54, 1.807) is 23.5 Å². The predicted octanol–water partition coefficient (Wildman–Crippen LogP) is 4.08. The maximum atomic E-state index is 12.7. The Morgan fingerprint density at radius 1 is 1.00 bits per heavy atom. The van der Waals surface area contributed by atoms with E-state index in [9.17, 15) is 4.79 Å². The van der Waals surface area contributed by atoms with E-state index in [1.165, 1.54) is 45.5 Å². The van der Waals surface area contributed by atoms with Gasteiger partial charge >= 0.3 is 0 Å². The SMILES string of the molecule is COc1cc(C(=O)Nc2nc3c(s2)CCCCCC3)cc(OC)c1OC. The van der Waals surface area contributed by atoms with Crippen LogP contribution in [-0.4, -0.2) is 32.2 Å². The van der Waals surface area contributed by atoms with Crippen molar-refractivity contribution in [3.05, 3.63) is 28.3 Å². The number of thiazole rings is 1. The lowest BCUT2D eigenvalue weighted by molar-refractivity contribution is 0.102. The van der Waals surface area contributed by atoms with E-state index < -0.39 is 0 Å². The van der Waals surface area contributed by atoms with Crippen LogP contribution in [0.3, 0.4) is 0 Å². The number of hydrogen-bond acceptors (Lipinski definition) is 6. The molecule has 26 heavy (non-hydrogen) atoms. The highest BCUT2D eigenvalue weighted by atomic mass is 32.1. The van der Waals surface area contributed by atoms with E-state index in [0.717, 1.165) is 25.0 Å². The van der Waals surface area contributed by atoms with Gasteiger partial charge in [0.1, 0.15) is 0 Å². The van der Waals surface area contributed by atoms with Crippen LogP contribution in [0.4, 0.5) is 5.13 Å². The fourth-order valence-corrected chi connectivity index (χ4v) is 4.19. The van der Waals surface area contributed by atoms with Gasteiger partial charge in [-0.15, -0.1) is 11.3 Å². The summed E-state index contributed by atoms with van der Waals surface area (Å²) in [5.41, 5.74) is 1.57. The molecule has 0 saturated carbocycles. The molecule has 1 amide bonds. The first kappa shape index (κ1) is 18.5. The molecule has 1 aromatic heterocycles. The van der Waals surface area contributed by atoms with Crippen LogP contribution in [0.1, 0.15) is 46.6 Å². The average molecular weight is 376 g/mol. The Hall–Kier alpha value is -2.28. The number of nitrogens with zero attached hydrogens (tertiary/aromatic N) is 1. The zero-order valence-electron chi connectivity index (χ0n) is 15.4. The number of aromatic nitrogens is 1. The second-order valence-corrected chi connectivity index (χ2v) is 7.25. The van der Waals surface area contributed by atoms with Crippen LogP contribution in [0.15, 0.2) is 12.1 Å². The Morgan fingerprint density at radius 2 is 1.65 bits per heavy atom. The minimum Gasteiger partial charge on any atom is -0.493 e. The van der Waals surface area contributed by atoms with Crippen molar-refractivity contribution in [3.63, 3.8) is 0 Å². The minimum absolute atomic E-state index is 0.244. The number of fused-ring (bicyclic) bond motifs is 1. The number of amides is 1. The number of anilines is 1. The Bertz CT molecular complexity index is 737. The van der Waals surface area contributed by atoms with Gasteiger partial charge in [0.15, 0.2) is 16.6 Å². The molecule has 140 valence electrons. The first-order valence-electron chi connectivity index (χ1n) is 8.76. The van der Waals surface area contributed by atoms with Gasteiger partial charge in [-0.25, -0.2) is 4.98 Å². The summed E-state index contributed by atoms with van der Waals surface area (Å²) in [6.45, 7) is 0. The number of aryl methyl sites for hydroxylation is 2. The summed E-state index contributed by atoms with van der Waals surface area (Å²) in [6, 6.07) is 3.28. The predicted molar refractivity (Wildman–Crippen MR) is 102 cm³/mol. The van der Waals surface area contributed by atoms with Crippen molar-refractivity contribution in [2.75, 3.05) is 26.6 Å². The number of hydrogen-bond donors (Lipinski definition) is 1. The molecule has 1 aliphatic carbocycles. The van der Waals surface area contributed by atoms with Gasteiger partial charge in [0.05, 0.1) is 27.0 Å². The number of benzene rings is 1. The van der Waals surface area contributed by atoms with E-state index in [-0.39, 0.29) is 5.91 Å². The first-order chi connectivity index (χ1) is 12.7. The topological polar surface area (TPSA) is 69.7 Å². The van der Waals surface area contributed by atoms with Crippen LogP contribution >= 0.6 is 11.3 Å². The van der Waals surface area contributed by atoms with Crippen molar-refractivity contribution in [2.45, 2.75) is 38.5 Å². The van der Waals surface area contributed by atoms with Gasteiger partial charge < -0.3 is 14.2 Å². The zero-order valence-corrected chi connectivity index (χ0v) is 16.2. The van der Waals surface area contributed by atoms with Crippen LogP contribution in [0, 0.1) is 0 Å². The van der Waals surface area contributed by atoms with Crippen LogP contribution in [0.25, 0.3) is 0 Å². The molecule has 1 aliphatic rings. The van der Waals surface area contributed by atoms with Crippen LogP contribution in [0.5, 0.6) is 17.2 Å². The van der Waals surface area contributed by atoms with Gasteiger partial charge in [-0.3, -0.25) is 10.1 Å². The monoisotopic (exact) mass is 376 g/mol. The molecule has 0 fully saturated rings. The Balaban J connectivity index is 1.83. The fourth-order valence-electron chi connectivity index (χ4n) is 3.14. The van der Waals surface area contributed by atoms with Crippen molar-refractivity contribution in [2.24, 2.45) is 0 Å². The molecule has 2 aromatic rings. The minimum atomic E-state index is -0.244. The summed E-state index contributed by atoms with van der Waals surface area (Å²) < 4.78 is 15.9. The Morgan fingerprint density at radius 3 is 2.27 bits per heavy atom. The molecular formula is C19H24N2O4S. The van der Waals surface area contributed by atoms with E-state index in [4.69, 9.17) is 14.2 Å². The summed E-state index contributed by atoms with van der Waals surface area (Å²) in [6.07, 6.45) is 6.92. The number of methoxy groups -OCH3 is 3. The van der Waals surface area contributed by atoms with Crippen molar-refractivity contribution in [1.82, 2.24) is 4.98 Å². The molecule has 6 nitrogen and oxygen atoms in total. The van der Waals surface area contributed by atoms with E-state index in [1.807, 2.05) is 0 Å². The molecular weight excluding hydrogens is 352 g/mol. The Kier molecular flexibility index (Phi) is 5.98. The van der Waals surface area contributed by atoms with Crippen molar-refractivity contribution in [3.8, 4) is 17.2 Å². The number of carbonyl (C=O) groups excluding carboxylic acids is 1. The second-order valence-electron chi connectivity index (χ2n) is 6.17. The molecule has 1 heterocycles. The molecule has 1 aromatic carbocycles. The lowest BCUT2D eigenvalue weighted by Gasteiger charge is -2.13. The summed E-state index contributed by atoms with van der Waals surface area (Å²) >= 11 is 1.58. The van der Waals surface area contributed by atoms with Crippen LogP contribution < -0.4 is 19.5 Å². The third-order valence-electron chi connectivity index (χ3n) is 4.49. The van der Waals surface area contributed by atoms with E-state index >= 15 is 0 Å². The lowest BCUT2D eigenvalue weighted by atomic mass is 10.0. The number of ether oxygens (including phenoxy) is 3. The van der Waals surface area contributed by atoms with Crippen LogP contribution in [-0.2, 0) is 12.8 Å². The largest absolute Gasteiger partial charge is 0.493 e. The van der Waals surface area contributed by atoms with Gasteiger partial charge in [0, 0.05) is 10.4 Å². The highest BCUT2D eigenvalue weighted by molar-refractivity contribution is 7.15. The van der Waals surface area contributed by atoms with E-state index in [2.05, 4.69) is 10.3 Å². The molecule has 0 unspecified atom stereocenters. The third-order valence-corrected chi connectivity index (χ3v) is 5.57. The lowest BCUT2D eigenvalue weighted by Crippen LogP contribution is -2.12.